The quantitative estimate of drug-likeness (QED) is 0.708. The minimum atomic E-state index is -0.214. The minimum absolute atomic E-state index is 0.214. The fraction of sp³-hybridized carbons (Fsp3) is 0.300. The molecule has 1 aromatic carbocycles. The molecule has 1 amide bonds. The largest absolute Gasteiger partial charge is 0.328 e. The third kappa shape index (κ3) is 1.54. The summed E-state index contributed by atoms with van der Waals surface area (Å²) < 4.78 is 13.3. The van der Waals surface area contributed by atoms with Crippen LogP contribution < -0.4 is 5.32 Å². The Kier molecular flexibility index (Phi) is 2.00. The third-order valence-corrected chi connectivity index (χ3v) is 2.25. The molecule has 0 aromatic heterocycles. The van der Waals surface area contributed by atoms with Gasteiger partial charge in [0.05, 0.1) is 0 Å². The van der Waals surface area contributed by atoms with Gasteiger partial charge in [0.2, 0.25) is 6.41 Å². The van der Waals surface area contributed by atoms with Gasteiger partial charge in [-0.05, 0) is 30.9 Å². The summed E-state index contributed by atoms with van der Waals surface area (Å²) in [4.78, 5) is 10.2. The molecule has 68 valence electrons. The molecule has 1 aliphatic rings. The number of anilines is 1. The summed E-state index contributed by atoms with van der Waals surface area (Å²) in [5.41, 5.74) is 1.27. The van der Waals surface area contributed by atoms with Crippen LogP contribution in [0.2, 0.25) is 0 Å². The van der Waals surface area contributed by atoms with Gasteiger partial charge in [0.25, 0.3) is 0 Å². The Balaban J connectivity index is 2.40. The molecule has 1 aromatic rings. The lowest BCUT2D eigenvalue weighted by molar-refractivity contribution is -0.105. The van der Waals surface area contributed by atoms with E-state index in [9.17, 15) is 9.18 Å². The van der Waals surface area contributed by atoms with Crippen molar-refractivity contribution in [2.24, 2.45) is 0 Å². The first-order valence-corrected chi connectivity index (χ1v) is 4.31. The van der Waals surface area contributed by atoms with Gasteiger partial charge in [0.1, 0.15) is 5.82 Å². The number of benzene rings is 1. The third-order valence-electron chi connectivity index (χ3n) is 2.25. The second-order valence-electron chi connectivity index (χ2n) is 3.24. The molecule has 0 unspecified atom stereocenters. The average molecular weight is 179 g/mol. The van der Waals surface area contributed by atoms with E-state index in [4.69, 9.17) is 0 Å². The number of hydrogen-bond donors (Lipinski definition) is 1. The maximum absolute atomic E-state index is 13.3. The number of carbonyl (C=O) groups is 1. The van der Waals surface area contributed by atoms with Gasteiger partial charge in [-0.25, -0.2) is 4.39 Å². The van der Waals surface area contributed by atoms with Crippen LogP contribution in [0.3, 0.4) is 0 Å². The predicted octanol–water partition coefficient (Wildman–Crippen LogP) is 2.27. The van der Waals surface area contributed by atoms with Gasteiger partial charge in [-0.2, -0.15) is 0 Å². The molecular formula is C10H10FNO. The van der Waals surface area contributed by atoms with E-state index in [1.54, 1.807) is 12.1 Å². The number of amides is 1. The summed E-state index contributed by atoms with van der Waals surface area (Å²) in [7, 11) is 0. The summed E-state index contributed by atoms with van der Waals surface area (Å²) in [5.74, 6) is 0.0954. The van der Waals surface area contributed by atoms with Gasteiger partial charge in [0.15, 0.2) is 0 Å². The maximum atomic E-state index is 13.3. The smallest absolute Gasteiger partial charge is 0.211 e. The van der Waals surface area contributed by atoms with Crippen LogP contribution in [0.5, 0.6) is 0 Å². The van der Waals surface area contributed by atoms with Crippen LogP contribution in [0.1, 0.15) is 24.3 Å². The molecule has 2 rings (SSSR count). The van der Waals surface area contributed by atoms with Crippen molar-refractivity contribution in [3.63, 3.8) is 0 Å². The summed E-state index contributed by atoms with van der Waals surface area (Å²) in [6.45, 7) is 0. The zero-order valence-corrected chi connectivity index (χ0v) is 7.09. The maximum Gasteiger partial charge on any atom is 0.211 e. The highest BCUT2D eigenvalue weighted by molar-refractivity contribution is 5.74. The van der Waals surface area contributed by atoms with Gasteiger partial charge in [-0.1, -0.05) is 6.07 Å². The van der Waals surface area contributed by atoms with E-state index < -0.39 is 0 Å². The lowest BCUT2D eigenvalue weighted by Gasteiger charge is -2.07. The molecule has 0 aliphatic heterocycles. The number of carbonyl (C=O) groups excluding carboxylic acids is 1. The van der Waals surface area contributed by atoms with Crippen molar-refractivity contribution < 1.29 is 9.18 Å². The molecule has 1 saturated carbocycles. The van der Waals surface area contributed by atoms with E-state index in [0.29, 0.717) is 23.6 Å². The van der Waals surface area contributed by atoms with Crippen molar-refractivity contribution in [1.29, 1.82) is 0 Å². The molecule has 1 aliphatic carbocycles. The molecule has 0 saturated heterocycles. The molecule has 0 radical (unpaired) electrons. The predicted molar refractivity (Wildman–Crippen MR) is 48.1 cm³/mol. The number of halogens is 1. The molecule has 0 bridgehead atoms. The molecule has 0 heterocycles. The van der Waals surface area contributed by atoms with Crippen molar-refractivity contribution in [3.05, 3.63) is 29.6 Å². The van der Waals surface area contributed by atoms with E-state index in [1.165, 1.54) is 6.07 Å². The van der Waals surface area contributed by atoms with E-state index in [1.807, 2.05) is 0 Å². The molecule has 1 N–H and O–H groups in total. The highest BCUT2D eigenvalue weighted by Crippen LogP contribution is 2.44. The second kappa shape index (κ2) is 3.17. The van der Waals surface area contributed by atoms with Crippen LogP contribution in [-0.2, 0) is 4.79 Å². The monoisotopic (exact) mass is 179 g/mol. The van der Waals surface area contributed by atoms with Gasteiger partial charge < -0.3 is 5.32 Å². The molecule has 3 heteroatoms. The molecule has 0 spiro atoms. The summed E-state index contributed by atoms with van der Waals surface area (Å²) in [6.07, 6.45) is 2.63. The zero-order chi connectivity index (χ0) is 9.26. The number of nitrogens with one attached hydrogen (secondary N) is 1. The van der Waals surface area contributed by atoms with Crippen molar-refractivity contribution in [2.45, 2.75) is 18.8 Å². The number of hydrogen-bond acceptors (Lipinski definition) is 1. The van der Waals surface area contributed by atoms with Crippen LogP contribution in [0.15, 0.2) is 18.2 Å². The standard InChI is InChI=1S/C10H10FNO/c11-8-2-1-3-9(12-6-13)10(8)7-4-5-7/h1-3,6-7H,4-5H2,(H,12,13). The highest BCUT2D eigenvalue weighted by Gasteiger charge is 2.28. The van der Waals surface area contributed by atoms with E-state index in [0.717, 1.165) is 12.8 Å². The molecule has 13 heavy (non-hydrogen) atoms. The molecular weight excluding hydrogens is 169 g/mol. The Morgan fingerprint density at radius 1 is 1.46 bits per heavy atom. The Morgan fingerprint density at radius 3 is 2.85 bits per heavy atom. The first kappa shape index (κ1) is 8.23. The minimum Gasteiger partial charge on any atom is -0.328 e. The van der Waals surface area contributed by atoms with Crippen LogP contribution >= 0.6 is 0 Å². The van der Waals surface area contributed by atoms with E-state index in [-0.39, 0.29) is 5.82 Å². The van der Waals surface area contributed by atoms with Crippen molar-refractivity contribution in [3.8, 4) is 0 Å². The normalized spacial score (nSPS) is 15.5. The molecule has 1 fully saturated rings. The summed E-state index contributed by atoms with van der Waals surface area (Å²) in [5, 5.41) is 2.52. The first-order valence-electron chi connectivity index (χ1n) is 4.31. The Labute approximate surface area is 75.8 Å². The topological polar surface area (TPSA) is 29.1 Å². The number of rotatable bonds is 3. The first-order chi connectivity index (χ1) is 6.33. The lowest BCUT2D eigenvalue weighted by Crippen LogP contribution is -2.00. The Morgan fingerprint density at radius 2 is 2.23 bits per heavy atom. The van der Waals surface area contributed by atoms with Crippen molar-refractivity contribution >= 4 is 12.1 Å². The fourth-order valence-corrected chi connectivity index (χ4v) is 1.51. The second-order valence-corrected chi connectivity index (χ2v) is 3.24. The summed E-state index contributed by atoms with van der Waals surface area (Å²) in [6, 6.07) is 4.77. The van der Waals surface area contributed by atoms with Crippen molar-refractivity contribution in [1.82, 2.24) is 0 Å². The fourth-order valence-electron chi connectivity index (χ4n) is 1.51. The summed E-state index contributed by atoms with van der Waals surface area (Å²) >= 11 is 0. The van der Waals surface area contributed by atoms with Gasteiger partial charge in [-0.15, -0.1) is 0 Å². The lowest BCUT2D eigenvalue weighted by atomic mass is 10.1. The van der Waals surface area contributed by atoms with Gasteiger partial charge in [0, 0.05) is 11.3 Å². The van der Waals surface area contributed by atoms with Gasteiger partial charge in [-0.3, -0.25) is 4.79 Å². The van der Waals surface area contributed by atoms with Crippen molar-refractivity contribution in [2.75, 3.05) is 5.32 Å². The average Bonchev–Trinajstić information content (AvgIpc) is 2.88. The van der Waals surface area contributed by atoms with E-state index >= 15 is 0 Å². The van der Waals surface area contributed by atoms with Crippen LogP contribution in [0.25, 0.3) is 0 Å². The molecule has 0 atom stereocenters. The van der Waals surface area contributed by atoms with Crippen LogP contribution in [-0.4, -0.2) is 6.41 Å². The Bertz CT molecular complexity index is 334. The van der Waals surface area contributed by atoms with Crippen LogP contribution in [0, 0.1) is 5.82 Å². The van der Waals surface area contributed by atoms with Gasteiger partial charge >= 0.3 is 0 Å². The molecule has 2 nitrogen and oxygen atoms in total. The van der Waals surface area contributed by atoms with E-state index in [2.05, 4.69) is 5.32 Å². The highest BCUT2D eigenvalue weighted by atomic mass is 19.1. The zero-order valence-electron chi connectivity index (χ0n) is 7.09. The SMILES string of the molecule is O=CNc1cccc(F)c1C1CC1. The van der Waals surface area contributed by atoms with Crippen LogP contribution in [0.4, 0.5) is 10.1 Å². The Hall–Kier alpha value is -1.38.